The van der Waals surface area contributed by atoms with Crippen molar-refractivity contribution in [2.24, 2.45) is 23.5 Å². The minimum atomic E-state index is -1.12. The zero-order chi connectivity index (χ0) is 29.3. The first-order chi connectivity index (χ1) is 18.4. The molecule has 7 N–H and O–H groups in total. The van der Waals surface area contributed by atoms with Gasteiger partial charge in [0.1, 0.15) is 18.1 Å². The van der Waals surface area contributed by atoms with E-state index in [1.165, 1.54) is 0 Å². The second-order valence-corrected chi connectivity index (χ2v) is 10.9. The summed E-state index contributed by atoms with van der Waals surface area (Å²) in [5.74, 6) is -3.12. The number of rotatable bonds is 15. The summed E-state index contributed by atoms with van der Waals surface area (Å²) in [6.45, 7) is 11.2. The summed E-state index contributed by atoms with van der Waals surface area (Å²) in [7, 11) is 0. The van der Waals surface area contributed by atoms with Gasteiger partial charge in [0.2, 0.25) is 17.7 Å². The SMILES string of the molecule is CCC(C)C(NC(=O)C(CC(C)C)NC(=O)C(NC(=O)C(N)Cc1c[nH]c2ccccc12)C(C)CC)C(=O)O. The third-order valence-electron chi connectivity index (χ3n) is 7.36. The van der Waals surface area contributed by atoms with Crippen LogP contribution in [0.3, 0.4) is 0 Å². The fraction of sp³-hybridized carbons (Fsp3) is 0.586. The molecule has 216 valence electrons. The van der Waals surface area contributed by atoms with Crippen molar-refractivity contribution in [3.8, 4) is 0 Å². The van der Waals surface area contributed by atoms with Crippen LogP contribution in [0.4, 0.5) is 0 Å². The topological polar surface area (TPSA) is 166 Å². The number of amides is 3. The number of carbonyl (C=O) groups excluding carboxylic acids is 3. The van der Waals surface area contributed by atoms with E-state index in [0.717, 1.165) is 16.5 Å². The number of fused-ring (bicyclic) bond motifs is 1. The van der Waals surface area contributed by atoms with Crippen molar-refractivity contribution in [1.29, 1.82) is 0 Å². The van der Waals surface area contributed by atoms with E-state index in [-0.39, 0.29) is 24.2 Å². The van der Waals surface area contributed by atoms with E-state index >= 15 is 0 Å². The van der Waals surface area contributed by atoms with Crippen LogP contribution < -0.4 is 21.7 Å². The van der Waals surface area contributed by atoms with Crippen molar-refractivity contribution in [3.63, 3.8) is 0 Å². The lowest BCUT2D eigenvalue weighted by molar-refractivity contribution is -0.144. The number of aromatic nitrogens is 1. The largest absolute Gasteiger partial charge is 0.480 e. The third kappa shape index (κ3) is 8.81. The Balaban J connectivity index is 2.16. The van der Waals surface area contributed by atoms with Gasteiger partial charge in [-0.2, -0.15) is 0 Å². The maximum absolute atomic E-state index is 13.4. The van der Waals surface area contributed by atoms with E-state index in [0.29, 0.717) is 19.3 Å². The van der Waals surface area contributed by atoms with Crippen molar-refractivity contribution < 1.29 is 24.3 Å². The first-order valence-electron chi connectivity index (χ1n) is 13.8. The Hall–Kier alpha value is -3.40. The number of carbonyl (C=O) groups is 4. The zero-order valence-electron chi connectivity index (χ0n) is 23.9. The van der Waals surface area contributed by atoms with E-state index in [1.807, 2.05) is 65.1 Å². The third-order valence-corrected chi connectivity index (χ3v) is 7.36. The van der Waals surface area contributed by atoms with Gasteiger partial charge in [-0.3, -0.25) is 14.4 Å². The first-order valence-corrected chi connectivity index (χ1v) is 13.8. The van der Waals surface area contributed by atoms with Gasteiger partial charge in [-0.25, -0.2) is 4.79 Å². The molecule has 10 nitrogen and oxygen atoms in total. The molecule has 6 atom stereocenters. The highest BCUT2D eigenvalue weighted by molar-refractivity contribution is 5.94. The molecule has 0 saturated heterocycles. The fourth-order valence-corrected chi connectivity index (χ4v) is 4.49. The molecule has 0 aliphatic rings. The molecule has 0 aliphatic carbocycles. The predicted octanol–water partition coefficient (Wildman–Crippen LogP) is 2.72. The number of hydrogen-bond acceptors (Lipinski definition) is 5. The number of aromatic amines is 1. The van der Waals surface area contributed by atoms with E-state index < -0.39 is 47.9 Å². The summed E-state index contributed by atoms with van der Waals surface area (Å²) < 4.78 is 0. The van der Waals surface area contributed by atoms with Crippen molar-refractivity contribution in [1.82, 2.24) is 20.9 Å². The highest BCUT2D eigenvalue weighted by atomic mass is 16.4. The molecule has 1 aromatic heterocycles. The fourth-order valence-electron chi connectivity index (χ4n) is 4.49. The molecular weight excluding hydrogens is 498 g/mol. The summed E-state index contributed by atoms with van der Waals surface area (Å²) in [6.07, 6.45) is 3.60. The van der Waals surface area contributed by atoms with Crippen LogP contribution in [0.1, 0.15) is 66.4 Å². The number of aliphatic carboxylic acids is 1. The zero-order valence-corrected chi connectivity index (χ0v) is 23.9. The summed E-state index contributed by atoms with van der Waals surface area (Å²) in [4.78, 5) is 54.6. The Labute approximate surface area is 230 Å². The minimum Gasteiger partial charge on any atom is -0.480 e. The van der Waals surface area contributed by atoms with Gasteiger partial charge in [0, 0.05) is 17.1 Å². The summed E-state index contributed by atoms with van der Waals surface area (Å²) in [5.41, 5.74) is 8.10. The minimum absolute atomic E-state index is 0.0502. The molecule has 0 bridgehead atoms. The monoisotopic (exact) mass is 543 g/mol. The number of H-pyrrole nitrogens is 1. The van der Waals surface area contributed by atoms with Gasteiger partial charge < -0.3 is 31.8 Å². The molecule has 10 heteroatoms. The number of nitrogens with two attached hydrogens (primary N) is 1. The lowest BCUT2D eigenvalue weighted by atomic mass is 9.95. The Kier molecular flexibility index (Phi) is 12.0. The van der Waals surface area contributed by atoms with Crippen molar-refractivity contribution in [3.05, 3.63) is 36.0 Å². The molecular formula is C29H45N5O5. The number of carboxylic acid groups (broad SMARTS) is 1. The molecule has 0 fully saturated rings. The van der Waals surface area contributed by atoms with Crippen LogP contribution in [0, 0.1) is 17.8 Å². The van der Waals surface area contributed by atoms with Crippen LogP contribution in [0.25, 0.3) is 10.9 Å². The predicted molar refractivity (Wildman–Crippen MR) is 152 cm³/mol. The van der Waals surface area contributed by atoms with Crippen molar-refractivity contribution >= 4 is 34.6 Å². The van der Waals surface area contributed by atoms with Crippen molar-refractivity contribution in [2.75, 3.05) is 0 Å². The highest BCUT2D eigenvalue weighted by Gasteiger charge is 2.33. The molecule has 1 heterocycles. The molecule has 0 radical (unpaired) electrons. The number of carboxylic acids is 1. The quantitative estimate of drug-likeness (QED) is 0.202. The van der Waals surface area contributed by atoms with Crippen LogP contribution in [-0.2, 0) is 25.6 Å². The Morgan fingerprint density at radius 2 is 1.46 bits per heavy atom. The average Bonchev–Trinajstić information content (AvgIpc) is 3.30. The van der Waals surface area contributed by atoms with Gasteiger partial charge in [-0.15, -0.1) is 0 Å². The van der Waals surface area contributed by atoms with E-state index in [1.54, 1.807) is 6.92 Å². The van der Waals surface area contributed by atoms with E-state index in [9.17, 15) is 24.3 Å². The summed E-state index contributed by atoms with van der Waals surface area (Å²) in [6, 6.07) is 3.92. The van der Waals surface area contributed by atoms with Crippen LogP contribution in [0.2, 0.25) is 0 Å². The molecule has 2 rings (SSSR count). The van der Waals surface area contributed by atoms with Gasteiger partial charge in [-0.05, 0) is 42.2 Å². The van der Waals surface area contributed by atoms with Gasteiger partial charge in [0.15, 0.2) is 0 Å². The molecule has 3 amide bonds. The molecule has 39 heavy (non-hydrogen) atoms. The molecule has 6 unspecified atom stereocenters. The molecule has 2 aromatic rings. The van der Waals surface area contributed by atoms with Crippen LogP contribution in [-0.4, -0.2) is 57.9 Å². The maximum Gasteiger partial charge on any atom is 0.326 e. The second kappa shape index (κ2) is 14.7. The van der Waals surface area contributed by atoms with Gasteiger partial charge in [0.25, 0.3) is 0 Å². The average molecular weight is 544 g/mol. The Morgan fingerprint density at radius 3 is 2.05 bits per heavy atom. The van der Waals surface area contributed by atoms with Crippen LogP contribution in [0.5, 0.6) is 0 Å². The standard InChI is InChI=1S/C29H45N5O5/c1-7-17(5)24(33-26(35)21(30)14-19-15-31-22-12-10-9-11-20(19)22)28(37)32-23(13-16(3)4)27(36)34-25(29(38)39)18(6)8-2/h9-12,15-18,21,23-25,31H,7-8,13-14,30H2,1-6H3,(H,32,37)(H,33,35)(H,34,36)(H,38,39). The summed E-state index contributed by atoms with van der Waals surface area (Å²) in [5, 5.41) is 18.8. The van der Waals surface area contributed by atoms with Gasteiger partial charge in [-0.1, -0.05) is 72.6 Å². The molecule has 0 aliphatic heterocycles. The lowest BCUT2D eigenvalue weighted by Crippen LogP contribution is -2.59. The van der Waals surface area contributed by atoms with Crippen molar-refractivity contribution in [2.45, 2.75) is 91.4 Å². The summed E-state index contributed by atoms with van der Waals surface area (Å²) >= 11 is 0. The first kappa shape index (κ1) is 31.8. The second-order valence-electron chi connectivity index (χ2n) is 10.9. The van der Waals surface area contributed by atoms with E-state index in [4.69, 9.17) is 5.73 Å². The maximum atomic E-state index is 13.4. The number of benzene rings is 1. The molecule has 0 saturated carbocycles. The Morgan fingerprint density at radius 1 is 0.872 bits per heavy atom. The lowest BCUT2D eigenvalue weighted by Gasteiger charge is -2.29. The Bertz CT molecular complexity index is 1130. The van der Waals surface area contributed by atoms with E-state index in [2.05, 4.69) is 20.9 Å². The smallest absolute Gasteiger partial charge is 0.326 e. The van der Waals surface area contributed by atoms with Crippen LogP contribution >= 0.6 is 0 Å². The van der Waals surface area contributed by atoms with Gasteiger partial charge >= 0.3 is 5.97 Å². The number of hydrogen-bond donors (Lipinski definition) is 6. The number of nitrogens with one attached hydrogen (secondary N) is 4. The molecule has 1 aromatic carbocycles. The molecule has 0 spiro atoms. The highest BCUT2D eigenvalue weighted by Crippen LogP contribution is 2.19. The van der Waals surface area contributed by atoms with Crippen LogP contribution in [0.15, 0.2) is 30.5 Å². The van der Waals surface area contributed by atoms with Gasteiger partial charge in [0.05, 0.1) is 6.04 Å². The number of para-hydroxylation sites is 1. The normalized spacial score (nSPS) is 16.1.